The normalized spacial score (nSPS) is 13.8. The molecule has 4 nitrogen and oxygen atoms in total. The van der Waals surface area contributed by atoms with Crippen molar-refractivity contribution in [3.8, 4) is 0 Å². The zero-order valence-electron chi connectivity index (χ0n) is 15.3. The first kappa shape index (κ1) is 18.4. The molecule has 0 aromatic heterocycles. The second-order valence-corrected chi connectivity index (χ2v) is 8.60. The smallest absolute Gasteiger partial charge is 0.265 e. The molecule has 0 saturated carbocycles. The Balaban J connectivity index is 1.71. The van der Waals surface area contributed by atoms with Crippen LogP contribution >= 0.6 is 0 Å². The molecule has 6 heteroatoms. The first-order valence-corrected chi connectivity index (χ1v) is 10.4. The molecule has 142 valence electrons. The highest BCUT2D eigenvalue weighted by Crippen LogP contribution is 2.31. The van der Waals surface area contributed by atoms with Crippen molar-refractivity contribution in [2.75, 3.05) is 11.0 Å². The molecule has 0 amide bonds. The van der Waals surface area contributed by atoms with Gasteiger partial charge in [-0.25, -0.2) is 17.1 Å². The van der Waals surface area contributed by atoms with Gasteiger partial charge in [0, 0.05) is 12.0 Å². The van der Waals surface area contributed by atoms with Crippen molar-refractivity contribution in [3.05, 3.63) is 95.3 Å². The molecule has 0 radical (unpaired) electrons. The van der Waals surface area contributed by atoms with Crippen molar-refractivity contribution in [1.29, 1.82) is 0 Å². The van der Waals surface area contributed by atoms with E-state index in [1.165, 1.54) is 16.4 Å². The van der Waals surface area contributed by atoms with Gasteiger partial charge < -0.3 is 0 Å². The van der Waals surface area contributed by atoms with Crippen LogP contribution < -0.4 is 4.31 Å². The Labute approximate surface area is 164 Å². The van der Waals surface area contributed by atoms with E-state index in [2.05, 4.69) is 4.99 Å². The summed E-state index contributed by atoms with van der Waals surface area (Å²) in [7, 11) is -3.72. The average molecular weight is 394 g/mol. The van der Waals surface area contributed by atoms with Crippen molar-refractivity contribution in [1.82, 2.24) is 0 Å². The summed E-state index contributed by atoms with van der Waals surface area (Å²) in [6, 6.07) is 20.4. The highest BCUT2D eigenvalue weighted by Gasteiger charge is 2.30. The zero-order chi connectivity index (χ0) is 19.7. The van der Waals surface area contributed by atoms with Crippen molar-refractivity contribution in [2.45, 2.75) is 18.2 Å². The number of aliphatic imine (C=N–C) groups is 1. The van der Waals surface area contributed by atoms with Gasteiger partial charge >= 0.3 is 0 Å². The molecule has 1 aliphatic heterocycles. The zero-order valence-corrected chi connectivity index (χ0v) is 16.2. The Morgan fingerprint density at radius 2 is 1.64 bits per heavy atom. The third kappa shape index (κ3) is 3.43. The molecule has 0 aliphatic carbocycles. The monoisotopic (exact) mass is 394 g/mol. The van der Waals surface area contributed by atoms with Gasteiger partial charge in [0.05, 0.1) is 16.3 Å². The molecule has 3 aromatic rings. The fraction of sp³-hybridized carbons (Fsp3) is 0.136. The molecule has 0 atom stereocenters. The number of hydrogen-bond donors (Lipinski definition) is 0. The van der Waals surface area contributed by atoms with Crippen LogP contribution in [0.15, 0.2) is 82.7 Å². The Morgan fingerprint density at radius 1 is 0.964 bits per heavy atom. The van der Waals surface area contributed by atoms with E-state index in [1.54, 1.807) is 42.5 Å². The largest absolute Gasteiger partial charge is 0.266 e. The minimum Gasteiger partial charge on any atom is -0.266 e. The van der Waals surface area contributed by atoms with Crippen LogP contribution in [0.25, 0.3) is 0 Å². The van der Waals surface area contributed by atoms with E-state index < -0.39 is 10.0 Å². The number of para-hydroxylation sites is 1. The molecule has 3 aromatic carbocycles. The van der Waals surface area contributed by atoms with Gasteiger partial charge in [-0.15, -0.1) is 0 Å². The number of hydrogen-bond acceptors (Lipinski definition) is 3. The molecule has 0 bridgehead atoms. The van der Waals surface area contributed by atoms with Crippen LogP contribution in [0.4, 0.5) is 10.1 Å². The van der Waals surface area contributed by atoms with Crippen molar-refractivity contribution in [3.63, 3.8) is 0 Å². The topological polar surface area (TPSA) is 49.7 Å². The van der Waals surface area contributed by atoms with E-state index >= 15 is 0 Å². The number of halogens is 1. The third-order valence-corrected chi connectivity index (χ3v) is 6.53. The molecule has 1 heterocycles. The number of fused-ring (bicyclic) bond motifs is 1. The lowest BCUT2D eigenvalue weighted by Gasteiger charge is -2.29. The summed E-state index contributed by atoms with van der Waals surface area (Å²) >= 11 is 0. The minimum absolute atomic E-state index is 0.0176. The highest BCUT2D eigenvalue weighted by molar-refractivity contribution is 7.92. The molecule has 0 N–H and O–H groups in total. The van der Waals surface area contributed by atoms with Gasteiger partial charge in [-0.3, -0.25) is 4.99 Å². The number of benzene rings is 3. The van der Waals surface area contributed by atoms with Gasteiger partial charge in [-0.2, -0.15) is 0 Å². The predicted molar refractivity (Wildman–Crippen MR) is 109 cm³/mol. The molecule has 1 aliphatic rings. The lowest BCUT2D eigenvalue weighted by molar-refractivity contribution is 0.591. The lowest BCUT2D eigenvalue weighted by Crippen LogP contribution is -2.36. The molecule has 0 fully saturated rings. The van der Waals surface area contributed by atoms with Gasteiger partial charge in [-0.05, 0) is 42.8 Å². The standard InChI is InChI=1S/C22H19FN2O2S/c1-16-6-12-19(13-7-16)28(26,27)25-15-24-21(20-4-2-3-5-22(20)25)14-17-8-10-18(23)11-9-17/h2-13H,14-15H2,1H3. The van der Waals surface area contributed by atoms with Crippen LogP contribution in [0.5, 0.6) is 0 Å². The lowest BCUT2D eigenvalue weighted by atomic mass is 9.99. The van der Waals surface area contributed by atoms with E-state index in [1.807, 2.05) is 25.1 Å². The van der Waals surface area contributed by atoms with Gasteiger partial charge in [-0.1, -0.05) is 48.0 Å². The Bertz CT molecular complexity index is 1140. The summed E-state index contributed by atoms with van der Waals surface area (Å²) in [6.07, 6.45) is 0.510. The first-order chi connectivity index (χ1) is 13.4. The molecule has 0 unspecified atom stereocenters. The van der Waals surface area contributed by atoms with E-state index in [0.717, 1.165) is 22.4 Å². The van der Waals surface area contributed by atoms with E-state index in [-0.39, 0.29) is 17.4 Å². The molecule has 28 heavy (non-hydrogen) atoms. The van der Waals surface area contributed by atoms with Gasteiger partial charge in [0.2, 0.25) is 0 Å². The second-order valence-electron chi connectivity index (χ2n) is 6.73. The summed E-state index contributed by atoms with van der Waals surface area (Å²) < 4.78 is 40.9. The summed E-state index contributed by atoms with van der Waals surface area (Å²) in [4.78, 5) is 4.79. The maximum atomic E-state index is 13.2. The van der Waals surface area contributed by atoms with Crippen LogP contribution in [0.2, 0.25) is 0 Å². The molecular formula is C22H19FN2O2S. The number of sulfonamides is 1. The number of aryl methyl sites for hydroxylation is 1. The summed E-state index contributed by atoms with van der Waals surface area (Å²) in [5.41, 5.74) is 4.09. The van der Waals surface area contributed by atoms with Gasteiger partial charge in [0.25, 0.3) is 10.0 Å². The average Bonchev–Trinajstić information content (AvgIpc) is 2.70. The fourth-order valence-electron chi connectivity index (χ4n) is 3.24. The maximum Gasteiger partial charge on any atom is 0.265 e. The van der Waals surface area contributed by atoms with Gasteiger partial charge in [0.1, 0.15) is 12.5 Å². The Hall–Kier alpha value is -2.99. The molecule has 0 saturated heterocycles. The van der Waals surface area contributed by atoms with Crippen LogP contribution in [0.3, 0.4) is 0 Å². The third-order valence-electron chi connectivity index (χ3n) is 4.77. The van der Waals surface area contributed by atoms with Crippen molar-refractivity contribution >= 4 is 21.4 Å². The van der Waals surface area contributed by atoms with Crippen LogP contribution in [0, 0.1) is 12.7 Å². The maximum absolute atomic E-state index is 13.2. The SMILES string of the molecule is Cc1ccc(S(=O)(=O)N2CN=C(Cc3ccc(F)cc3)c3ccccc32)cc1. The van der Waals surface area contributed by atoms with E-state index in [9.17, 15) is 12.8 Å². The number of rotatable bonds is 4. The molecule has 4 rings (SSSR count). The molecule has 0 spiro atoms. The highest BCUT2D eigenvalue weighted by atomic mass is 32.2. The van der Waals surface area contributed by atoms with Crippen LogP contribution in [-0.4, -0.2) is 20.8 Å². The summed E-state index contributed by atoms with van der Waals surface area (Å²) in [5, 5.41) is 0. The van der Waals surface area contributed by atoms with Crippen molar-refractivity contribution < 1.29 is 12.8 Å². The fourth-order valence-corrected chi connectivity index (χ4v) is 4.60. The van der Waals surface area contributed by atoms with Crippen LogP contribution in [0.1, 0.15) is 16.7 Å². The van der Waals surface area contributed by atoms with Gasteiger partial charge in [0.15, 0.2) is 0 Å². The number of nitrogens with zero attached hydrogens (tertiary/aromatic N) is 2. The van der Waals surface area contributed by atoms with Crippen molar-refractivity contribution in [2.24, 2.45) is 4.99 Å². The molecular weight excluding hydrogens is 375 g/mol. The summed E-state index contributed by atoms with van der Waals surface area (Å²) in [5.74, 6) is -0.287. The quantitative estimate of drug-likeness (QED) is 0.661. The first-order valence-electron chi connectivity index (χ1n) is 8.92. The summed E-state index contributed by atoms with van der Waals surface area (Å²) in [6.45, 7) is 1.93. The van der Waals surface area contributed by atoms with E-state index in [0.29, 0.717) is 12.1 Å². The Morgan fingerprint density at radius 3 is 2.36 bits per heavy atom. The minimum atomic E-state index is -3.72. The Kier molecular flexibility index (Phi) is 4.73. The predicted octanol–water partition coefficient (Wildman–Crippen LogP) is 4.33. The van der Waals surface area contributed by atoms with Crippen LogP contribution in [-0.2, 0) is 16.4 Å². The second kappa shape index (κ2) is 7.20. The van der Waals surface area contributed by atoms with E-state index in [4.69, 9.17) is 0 Å². The number of anilines is 1.